The van der Waals surface area contributed by atoms with Gasteiger partial charge in [-0.05, 0) is 18.9 Å². The first-order valence-electron chi connectivity index (χ1n) is 7.19. The topological polar surface area (TPSA) is 57.6 Å². The molecule has 0 aromatic heterocycles. The number of fused-ring (bicyclic) bond motifs is 1. The van der Waals surface area contributed by atoms with Gasteiger partial charge in [-0.2, -0.15) is 0 Å². The average Bonchev–Trinajstić information content (AvgIpc) is 2.64. The minimum absolute atomic E-state index is 0.0171. The van der Waals surface area contributed by atoms with Gasteiger partial charge in [0.25, 0.3) is 5.91 Å². The molecular formula is C16H19NO3. The number of hydrogen-bond donors (Lipinski definition) is 1. The maximum absolute atomic E-state index is 12.6. The second kappa shape index (κ2) is 4.70. The van der Waals surface area contributed by atoms with E-state index in [1.165, 1.54) is 4.90 Å². The molecule has 1 saturated carbocycles. The van der Waals surface area contributed by atoms with Gasteiger partial charge in [0.05, 0.1) is 11.6 Å². The Kier molecular flexibility index (Phi) is 3.13. The van der Waals surface area contributed by atoms with E-state index in [4.69, 9.17) is 0 Å². The smallest absolute Gasteiger partial charge is 0.264 e. The zero-order valence-corrected chi connectivity index (χ0v) is 11.6. The number of likely N-dealkylation sites (N-methyl/N-ethyl adjacent to an activating group) is 1. The molecule has 0 unspecified atom stereocenters. The predicted molar refractivity (Wildman–Crippen MR) is 75.3 cm³/mol. The lowest BCUT2D eigenvalue weighted by Gasteiger charge is -2.29. The number of carbonyl (C=O) groups excluding carboxylic acids is 2. The Balaban J connectivity index is 2.10. The number of para-hydroxylation sites is 1. The summed E-state index contributed by atoms with van der Waals surface area (Å²) in [6.07, 6.45) is 3.79. The SMILES string of the molecule is CN1C(=O)[C@@](O)([C@@H]2CCCCCC2=O)c2ccccc21. The molecule has 1 aliphatic carbocycles. The summed E-state index contributed by atoms with van der Waals surface area (Å²) >= 11 is 0. The molecule has 1 amide bonds. The van der Waals surface area contributed by atoms with E-state index in [9.17, 15) is 14.7 Å². The van der Waals surface area contributed by atoms with Crippen LogP contribution in [0.25, 0.3) is 0 Å². The van der Waals surface area contributed by atoms with Crippen LogP contribution in [-0.4, -0.2) is 23.8 Å². The Morgan fingerprint density at radius 2 is 1.95 bits per heavy atom. The number of Topliss-reactive ketones (excluding diaryl/α,β-unsaturated/α-hetero) is 1. The van der Waals surface area contributed by atoms with Crippen LogP contribution < -0.4 is 4.90 Å². The Bertz CT molecular complexity index is 569. The van der Waals surface area contributed by atoms with Crippen molar-refractivity contribution in [2.45, 2.75) is 37.7 Å². The molecule has 0 spiro atoms. The first-order chi connectivity index (χ1) is 9.56. The van der Waals surface area contributed by atoms with Gasteiger partial charge in [0.15, 0.2) is 5.60 Å². The Morgan fingerprint density at radius 1 is 1.20 bits per heavy atom. The first-order valence-corrected chi connectivity index (χ1v) is 7.19. The van der Waals surface area contributed by atoms with Crippen LogP contribution in [0, 0.1) is 5.92 Å². The normalized spacial score (nSPS) is 30.3. The lowest BCUT2D eigenvalue weighted by molar-refractivity contribution is -0.150. The Labute approximate surface area is 118 Å². The van der Waals surface area contributed by atoms with Crippen LogP contribution in [0.3, 0.4) is 0 Å². The molecule has 0 bridgehead atoms. The zero-order chi connectivity index (χ0) is 14.3. The summed E-state index contributed by atoms with van der Waals surface area (Å²) in [4.78, 5) is 26.4. The van der Waals surface area contributed by atoms with E-state index in [-0.39, 0.29) is 11.7 Å². The molecule has 2 atom stereocenters. The molecular weight excluding hydrogens is 254 g/mol. The highest BCUT2D eigenvalue weighted by atomic mass is 16.3. The van der Waals surface area contributed by atoms with Crippen LogP contribution in [0.15, 0.2) is 24.3 Å². The molecule has 1 aliphatic heterocycles. The molecule has 1 N–H and O–H groups in total. The van der Waals surface area contributed by atoms with Crippen LogP contribution in [0.2, 0.25) is 0 Å². The average molecular weight is 273 g/mol. The van der Waals surface area contributed by atoms with Gasteiger partial charge in [-0.25, -0.2) is 0 Å². The van der Waals surface area contributed by atoms with Gasteiger partial charge in [-0.3, -0.25) is 9.59 Å². The summed E-state index contributed by atoms with van der Waals surface area (Å²) < 4.78 is 0. The Hall–Kier alpha value is -1.68. The fraction of sp³-hybridized carbons (Fsp3) is 0.500. The van der Waals surface area contributed by atoms with E-state index < -0.39 is 11.5 Å². The highest BCUT2D eigenvalue weighted by molar-refractivity contribution is 6.09. The quantitative estimate of drug-likeness (QED) is 0.796. The molecule has 0 radical (unpaired) electrons. The monoisotopic (exact) mass is 273 g/mol. The lowest BCUT2D eigenvalue weighted by Crippen LogP contribution is -2.47. The summed E-state index contributed by atoms with van der Waals surface area (Å²) in [5.74, 6) is -0.967. The molecule has 4 nitrogen and oxygen atoms in total. The van der Waals surface area contributed by atoms with Gasteiger partial charge >= 0.3 is 0 Å². The number of aliphatic hydroxyl groups is 1. The molecule has 1 aromatic rings. The third-order valence-electron chi connectivity index (χ3n) is 4.62. The third kappa shape index (κ3) is 1.71. The predicted octanol–water partition coefficient (Wildman–Crippen LogP) is 2.00. The fourth-order valence-corrected chi connectivity index (χ4v) is 3.51. The van der Waals surface area contributed by atoms with Gasteiger partial charge in [-0.1, -0.05) is 31.0 Å². The summed E-state index contributed by atoms with van der Waals surface area (Å²) in [5, 5.41) is 11.1. The number of amides is 1. The van der Waals surface area contributed by atoms with Crippen molar-refractivity contribution < 1.29 is 14.7 Å². The first kappa shape index (κ1) is 13.3. The maximum atomic E-state index is 12.6. The van der Waals surface area contributed by atoms with E-state index in [2.05, 4.69) is 0 Å². The minimum Gasteiger partial charge on any atom is -0.375 e. The van der Waals surface area contributed by atoms with E-state index in [1.807, 2.05) is 12.1 Å². The molecule has 2 aliphatic rings. The highest BCUT2D eigenvalue weighted by Crippen LogP contribution is 2.46. The number of rotatable bonds is 1. The van der Waals surface area contributed by atoms with Crippen molar-refractivity contribution in [1.82, 2.24) is 0 Å². The van der Waals surface area contributed by atoms with Crippen LogP contribution in [0.4, 0.5) is 5.69 Å². The molecule has 106 valence electrons. The molecule has 20 heavy (non-hydrogen) atoms. The number of nitrogens with zero attached hydrogens (tertiary/aromatic N) is 1. The minimum atomic E-state index is -1.67. The standard InChI is InChI=1S/C16H19NO3/c1-17-13-9-6-5-7-11(13)16(20,15(17)19)12-8-3-2-4-10-14(12)18/h5-7,9,12,20H,2-4,8,10H2,1H3/t12-,16+/m1/s1. The van der Waals surface area contributed by atoms with Crippen molar-refractivity contribution in [2.24, 2.45) is 5.92 Å². The van der Waals surface area contributed by atoms with Gasteiger partial charge in [0.1, 0.15) is 5.78 Å². The maximum Gasteiger partial charge on any atom is 0.264 e. The van der Waals surface area contributed by atoms with Gasteiger partial charge in [0, 0.05) is 19.0 Å². The lowest BCUT2D eigenvalue weighted by atomic mass is 9.77. The second-order valence-corrected chi connectivity index (χ2v) is 5.77. The summed E-state index contributed by atoms with van der Waals surface area (Å²) in [5.41, 5.74) is -0.392. The van der Waals surface area contributed by atoms with Crippen LogP contribution in [0.1, 0.15) is 37.7 Å². The Morgan fingerprint density at radius 3 is 2.75 bits per heavy atom. The number of ketones is 1. The molecule has 3 rings (SSSR count). The third-order valence-corrected chi connectivity index (χ3v) is 4.62. The van der Waals surface area contributed by atoms with E-state index >= 15 is 0 Å². The fourth-order valence-electron chi connectivity index (χ4n) is 3.51. The zero-order valence-electron chi connectivity index (χ0n) is 11.6. The highest BCUT2D eigenvalue weighted by Gasteiger charge is 2.55. The van der Waals surface area contributed by atoms with Crippen molar-refractivity contribution in [3.05, 3.63) is 29.8 Å². The van der Waals surface area contributed by atoms with Crippen molar-refractivity contribution in [1.29, 1.82) is 0 Å². The molecule has 0 saturated heterocycles. The molecule has 1 aromatic carbocycles. The van der Waals surface area contributed by atoms with Gasteiger partial charge in [0.2, 0.25) is 0 Å². The van der Waals surface area contributed by atoms with Crippen molar-refractivity contribution >= 4 is 17.4 Å². The summed E-state index contributed by atoms with van der Waals surface area (Å²) in [6, 6.07) is 7.21. The largest absolute Gasteiger partial charge is 0.375 e. The molecule has 4 heteroatoms. The number of carbonyl (C=O) groups is 2. The summed E-state index contributed by atoms with van der Waals surface area (Å²) in [7, 11) is 1.65. The van der Waals surface area contributed by atoms with E-state index in [1.54, 1.807) is 19.2 Å². The van der Waals surface area contributed by atoms with E-state index in [0.29, 0.717) is 24.1 Å². The summed E-state index contributed by atoms with van der Waals surface area (Å²) in [6.45, 7) is 0. The van der Waals surface area contributed by atoms with Crippen molar-refractivity contribution in [2.75, 3.05) is 11.9 Å². The van der Waals surface area contributed by atoms with Crippen molar-refractivity contribution in [3.8, 4) is 0 Å². The second-order valence-electron chi connectivity index (χ2n) is 5.77. The van der Waals surface area contributed by atoms with E-state index in [0.717, 1.165) is 19.3 Å². The molecule has 1 heterocycles. The number of hydrogen-bond acceptors (Lipinski definition) is 3. The van der Waals surface area contributed by atoms with Gasteiger partial charge in [-0.15, -0.1) is 0 Å². The number of benzene rings is 1. The van der Waals surface area contributed by atoms with Gasteiger partial charge < -0.3 is 10.0 Å². The van der Waals surface area contributed by atoms with Crippen LogP contribution in [-0.2, 0) is 15.2 Å². The molecule has 1 fully saturated rings. The van der Waals surface area contributed by atoms with Crippen LogP contribution in [0.5, 0.6) is 0 Å². The van der Waals surface area contributed by atoms with Crippen molar-refractivity contribution in [3.63, 3.8) is 0 Å². The van der Waals surface area contributed by atoms with Crippen LogP contribution >= 0.6 is 0 Å². The number of anilines is 1.